The zero-order valence-electron chi connectivity index (χ0n) is 15.8. The Bertz CT molecular complexity index is 1010. The lowest BCUT2D eigenvalue weighted by atomic mass is 10.1. The third-order valence-corrected chi connectivity index (χ3v) is 4.62. The normalized spacial score (nSPS) is 13.1. The molecular formula is C21H22N6. The third kappa shape index (κ3) is 4.14. The molecule has 0 N–H and O–H groups in total. The summed E-state index contributed by atoms with van der Waals surface area (Å²) < 4.78 is 1.80. The van der Waals surface area contributed by atoms with Crippen LogP contribution >= 0.6 is 0 Å². The highest BCUT2D eigenvalue weighted by Crippen LogP contribution is 2.29. The predicted molar refractivity (Wildman–Crippen MR) is 105 cm³/mol. The summed E-state index contributed by atoms with van der Waals surface area (Å²) in [5.41, 5.74) is 4.30. The van der Waals surface area contributed by atoms with Crippen molar-refractivity contribution in [2.75, 3.05) is 11.9 Å². The van der Waals surface area contributed by atoms with Crippen LogP contribution in [0.15, 0.2) is 36.8 Å². The molecule has 2 aromatic heterocycles. The van der Waals surface area contributed by atoms with Gasteiger partial charge in [0.2, 0.25) is 0 Å². The number of nitrogens with zero attached hydrogens (tertiary/aromatic N) is 6. The molecule has 0 amide bonds. The highest BCUT2D eigenvalue weighted by Gasteiger charge is 2.18. The molecule has 136 valence electrons. The van der Waals surface area contributed by atoms with Crippen LogP contribution in [-0.4, -0.2) is 32.0 Å². The summed E-state index contributed by atoms with van der Waals surface area (Å²) in [6, 6.07) is 6.31. The maximum absolute atomic E-state index is 4.32. The van der Waals surface area contributed by atoms with Crippen LogP contribution in [0.4, 0.5) is 11.5 Å². The number of anilines is 2. The molecule has 1 fully saturated rings. The first kappa shape index (κ1) is 17.2. The third-order valence-electron chi connectivity index (χ3n) is 4.62. The Morgan fingerprint density at radius 2 is 1.96 bits per heavy atom. The lowest BCUT2D eigenvalue weighted by molar-refractivity contribution is 0.645. The number of benzene rings is 1. The molecule has 0 radical (unpaired) electrons. The van der Waals surface area contributed by atoms with Gasteiger partial charge in [-0.05, 0) is 44.4 Å². The first-order valence-electron chi connectivity index (χ1n) is 9.12. The average molecular weight is 358 g/mol. The molecule has 4 rings (SSSR count). The van der Waals surface area contributed by atoms with Crippen LogP contribution in [-0.2, 0) is 6.54 Å². The van der Waals surface area contributed by atoms with E-state index in [0.717, 1.165) is 28.5 Å². The van der Waals surface area contributed by atoms with Gasteiger partial charge in [0.25, 0.3) is 0 Å². The molecule has 1 aliphatic carbocycles. The topological polar surface area (TPSA) is 59.7 Å². The standard InChI is InChI=1S/C21H22N6/c1-15-4-5-18(9-8-17-6-7-17)10-20(15)26(3)21-14-27(25-24-21)13-19-11-22-16(2)23-12-19/h4-5,10-12,14,17H,6-7,13H2,1-3H3. The molecule has 1 aromatic carbocycles. The number of aryl methyl sites for hydroxylation is 2. The Labute approximate surface area is 159 Å². The summed E-state index contributed by atoms with van der Waals surface area (Å²) >= 11 is 0. The molecule has 1 saturated carbocycles. The minimum absolute atomic E-state index is 0.590. The van der Waals surface area contributed by atoms with E-state index < -0.39 is 0 Å². The molecule has 6 heteroatoms. The summed E-state index contributed by atoms with van der Waals surface area (Å²) in [7, 11) is 2.00. The average Bonchev–Trinajstić information content (AvgIpc) is 3.39. The molecule has 6 nitrogen and oxygen atoms in total. The van der Waals surface area contributed by atoms with Crippen molar-refractivity contribution in [3.63, 3.8) is 0 Å². The summed E-state index contributed by atoms with van der Waals surface area (Å²) in [6.45, 7) is 4.56. The lowest BCUT2D eigenvalue weighted by Gasteiger charge is -2.18. The molecule has 0 bridgehead atoms. The Morgan fingerprint density at radius 1 is 1.19 bits per heavy atom. The monoisotopic (exact) mass is 358 g/mol. The van der Waals surface area contributed by atoms with E-state index >= 15 is 0 Å². The zero-order valence-corrected chi connectivity index (χ0v) is 15.8. The molecule has 0 unspecified atom stereocenters. The minimum Gasteiger partial charge on any atom is -0.326 e. The van der Waals surface area contributed by atoms with Gasteiger partial charge in [0.15, 0.2) is 5.82 Å². The van der Waals surface area contributed by atoms with Gasteiger partial charge in [-0.3, -0.25) is 0 Å². The Balaban J connectivity index is 1.53. The second-order valence-corrected chi connectivity index (χ2v) is 7.02. The molecule has 1 aliphatic rings. The first-order valence-corrected chi connectivity index (χ1v) is 9.12. The Kier molecular flexibility index (Phi) is 4.59. The van der Waals surface area contributed by atoms with Crippen LogP contribution in [0, 0.1) is 31.6 Å². The van der Waals surface area contributed by atoms with Crippen LogP contribution in [0.1, 0.15) is 35.4 Å². The van der Waals surface area contributed by atoms with E-state index in [4.69, 9.17) is 0 Å². The largest absolute Gasteiger partial charge is 0.326 e. The van der Waals surface area contributed by atoms with E-state index in [1.54, 1.807) is 4.68 Å². The summed E-state index contributed by atoms with van der Waals surface area (Å²) in [5, 5.41) is 8.57. The molecule has 0 aliphatic heterocycles. The van der Waals surface area contributed by atoms with E-state index in [1.165, 1.54) is 18.4 Å². The highest BCUT2D eigenvalue weighted by atomic mass is 15.5. The van der Waals surface area contributed by atoms with Gasteiger partial charge in [0, 0.05) is 42.2 Å². The predicted octanol–water partition coefficient (Wildman–Crippen LogP) is 3.26. The van der Waals surface area contributed by atoms with Crippen molar-refractivity contribution in [1.82, 2.24) is 25.0 Å². The van der Waals surface area contributed by atoms with Crippen molar-refractivity contribution in [2.45, 2.75) is 33.2 Å². The summed E-state index contributed by atoms with van der Waals surface area (Å²) in [4.78, 5) is 10.5. The summed E-state index contributed by atoms with van der Waals surface area (Å²) in [6.07, 6.45) is 8.04. The Morgan fingerprint density at radius 3 is 2.70 bits per heavy atom. The van der Waals surface area contributed by atoms with Crippen molar-refractivity contribution in [2.24, 2.45) is 5.92 Å². The van der Waals surface area contributed by atoms with Crippen molar-refractivity contribution in [3.05, 3.63) is 59.3 Å². The highest BCUT2D eigenvalue weighted by molar-refractivity contribution is 5.64. The van der Waals surface area contributed by atoms with Crippen molar-refractivity contribution in [1.29, 1.82) is 0 Å². The molecule has 27 heavy (non-hydrogen) atoms. The zero-order chi connectivity index (χ0) is 18.8. The van der Waals surface area contributed by atoms with E-state index in [0.29, 0.717) is 12.5 Å². The second-order valence-electron chi connectivity index (χ2n) is 7.02. The number of aromatic nitrogens is 5. The van der Waals surface area contributed by atoms with E-state index in [-0.39, 0.29) is 0 Å². The van der Waals surface area contributed by atoms with Crippen LogP contribution in [0.2, 0.25) is 0 Å². The van der Waals surface area contributed by atoms with Gasteiger partial charge in [0.05, 0.1) is 12.7 Å². The maximum Gasteiger partial charge on any atom is 0.175 e. The van der Waals surface area contributed by atoms with Gasteiger partial charge in [-0.1, -0.05) is 23.1 Å². The Hall–Kier alpha value is -3.20. The van der Waals surface area contributed by atoms with Gasteiger partial charge < -0.3 is 4.90 Å². The number of hydrogen-bond donors (Lipinski definition) is 0. The van der Waals surface area contributed by atoms with E-state index in [1.807, 2.05) is 37.5 Å². The van der Waals surface area contributed by atoms with Crippen molar-refractivity contribution in [3.8, 4) is 11.8 Å². The van der Waals surface area contributed by atoms with Gasteiger partial charge in [-0.15, -0.1) is 5.10 Å². The number of hydrogen-bond acceptors (Lipinski definition) is 5. The molecular weight excluding hydrogens is 336 g/mol. The van der Waals surface area contributed by atoms with Gasteiger partial charge >= 0.3 is 0 Å². The maximum atomic E-state index is 4.32. The van der Waals surface area contributed by atoms with Crippen LogP contribution in [0.3, 0.4) is 0 Å². The van der Waals surface area contributed by atoms with Gasteiger partial charge in [-0.2, -0.15) is 0 Å². The van der Waals surface area contributed by atoms with Gasteiger partial charge in [0.1, 0.15) is 5.82 Å². The fourth-order valence-electron chi connectivity index (χ4n) is 2.79. The molecule has 0 atom stereocenters. The molecule has 3 aromatic rings. The molecule has 0 saturated heterocycles. The molecule has 0 spiro atoms. The SMILES string of the molecule is Cc1ncc(Cn2cc(N(C)c3cc(C#CC4CC4)ccc3C)nn2)cn1. The van der Waals surface area contributed by atoms with E-state index in [9.17, 15) is 0 Å². The second kappa shape index (κ2) is 7.20. The fourth-order valence-corrected chi connectivity index (χ4v) is 2.79. The first-order chi connectivity index (χ1) is 13.1. The fraction of sp³-hybridized carbons (Fsp3) is 0.333. The summed E-state index contributed by atoms with van der Waals surface area (Å²) in [5.74, 6) is 8.76. The molecule has 2 heterocycles. The van der Waals surface area contributed by atoms with Crippen LogP contribution in [0.25, 0.3) is 0 Å². The van der Waals surface area contributed by atoms with Crippen LogP contribution in [0.5, 0.6) is 0 Å². The van der Waals surface area contributed by atoms with Crippen LogP contribution < -0.4 is 4.90 Å². The quantitative estimate of drug-likeness (QED) is 0.670. The van der Waals surface area contributed by atoms with Crippen molar-refractivity contribution < 1.29 is 0 Å². The van der Waals surface area contributed by atoms with E-state index in [2.05, 4.69) is 57.2 Å². The minimum atomic E-state index is 0.590. The van der Waals surface area contributed by atoms with Crippen molar-refractivity contribution >= 4 is 11.5 Å². The smallest absolute Gasteiger partial charge is 0.175 e. The number of rotatable bonds is 4. The van der Waals surface area contributed by atoms with Gasteiger partial charge in [-0.25, -0.2) is 14.6 Å². The lowest BCUT2D eigenvalue weighted by Crippen LogP contribution is -2.11.